The first kappa shape index (κ1) is 12.4. The predicted molar refractivity (Wildman–Crippen MR) is 71.8 cm³/mol. The zero-order chi connectivity index (χ0) is 13.2. The fourth-order valence-electron chi connectivity index (χ4n) is 2.90. The minimum atomic E-state index is 0.566. The first-order valence-electron chi connectivity index (χ1n) is 6.87. The van der Waals surface area contributed by atoms with Crippen LogP contribution in [0.1, 0.15) is 41.5 Å². The first-order chi connectivity index (χ1) is 9.24. The van der Waals surface area contributed by atoms with Crippen LogP contribution in [0.15, 0.2) is 16.8 Å². The first-order valence-corrected chi connectivity index (χ1v) is 6.87. The Morgan fingerprint density at radius 1 is 1.47 bits per heavy atom. The SMILES string of the molecule is Cc1noc(C)c1CN1CCCC(c2ccn[nH]2)C1. The molecule has 0 aromatic carbocycles. The lowest BCUT2D eigenvalue weighted by Crippen LogP contribution is -2.34. The number of rotatable bonds is 3. The lowest BCUT2D eigenvalue weighted by Gasteiger charge is -2.32. The number of hydrogen-bond donors (Lipinski definition) is 1. The third-order valence-electron chi connectivity index (χ3n) is 4.03. The molecule has 0 aliphatic carbocycles. The maximum atomic E-state index is 5.24. The molecule has 3 rings (SSSR count). The molecule has 0 saturated carbocycles. The van der Waals surface area contributed by atoms with E-state index < -0.39 is 0 Å². The molecule has 0 radical (unpaired) electrons. The summed E-state index contributed by atoms with van der Waals surface area (Å²) in [5.74, 6) is 1.51. The van der Waals surface area contributed by atoms with Crippen molar-refractivity contribution in [3.8, 4) is 0 Å². The number of aryl methyl sites for hydroxylation is 2. The van der Waals surface area contributed by atoms with Crippen LogP contribution in [-0.4, -0.2) is 33.3 Å². The van der Waals surface area contributed by atoms with Crippen LogP contribution in [0.5, 0.6) is 0 Å². The van der Waals surface area contributed by atoms with Gasteiger partial charge in [0.2, 0.25) is 0 Å². The molecule has 19 heavy (non-hydrogen) atoms. The van der Waals surface area contributed by atoms with Gasteiger partial charge in [-0.15, -0.1) is 0 Å². The van der Waals surface area contributed by atoms with Gasteiger partial charge >= 0.3 is 0 Å². The molecule has 5 heteroatoms. The molecule has 1 aliphatic heterocycles. The molecule has 1 aliphatic rings. The Labute approximate surface area is 113 Å². The van der Waals surface area contributed by atoms with Crippen LogP contribution in [0.2, 0.25) is 0 Å². The van der Waals surface area contributed by atoms with E-state index in [4.69, 9.17) is 4.52 Å². The van der Waals surface area contributed by atoms with Gasteiger partial charge in [-0.05, 0) is 39.3 Å². The summed E-state index contributed by atoms with van der Waals surface area (Å²) in [5.41, 5.74) is 3.51. The highest BCUT2D eigenvalue weighted by atomic mass is 16.5. The van der Waals surface area contributed by atoms with Gasteiger partial charge in [0.15, 0.2) is 0 Å². The topological polar surface area (TPSA) is 58.0 Å². The molecule has 1 saturated heterocycles. The summed E-state index contributed by atoms with van der Waals surface area (Å²) in [6.07, 6.45) is 4.30. The van der Waals surface area contributed by atoms with Crippen molar-refractivity contribution in [1.29, 1.82) is 0 Å². The molecule has 2 aromatic rings. The molecule has 1 N–H and O–H groups in total. The summed E-state index contributed by atoms with van der Waals surface area (Å²) >= 11 is 0. The van der Waals surface area contributed by atoms with Gasteiger partial charge in [0.05, 0.1) is 5.69 Å². The third kappa shape index (κ3) is 2.56. The summed E-state index contributed by atoms with van der Waals surface area (Å²) in [6, 6.07) is 2.09. The minimum absolute atomic E-state index is 0.566. The van der Waals surface area contributed by atoms with Crippen molar-refractivity contribution in [3.05, 3.63) is 35.0 Å². The molecule has 1 fully saturated rings. The van der Waals surface area contributed by atoms with Crippen LogP contribution in [0.3, 0.4) is 0 Å². The molecule has 1 unspecified atom stereocenters. The monoisotopic (exact) mass is 260 g/mol. The highest BCUT2D eigenvalue weighted by molar-refractivity contribution is 5.21. The number of H-pyrrole nitrogens is 1. The number of nitrogens with one attached hydrogen (secondary N) is 1. The van der Waals surface area contributed by atoms with Crippen LogP contribution in [-0.2, 0) is 6.54 Å². The molecule has 5 nitrogen and oxygen atoms in total. The number of aromatic amines is 1. The second kappa shape index (κ2) is 5.17. The number of piperidine rings is 1. The van der Waals surface area contributed by atoms with Crippen molar-refractivity contribution in [3.63, 3.8) is 0 Å². The highest BCUT2D eigenvalue weighted by Crippen LogP contribution is 2.27. The normalized spacial score (nSPS) is 20.8. The lowest BCUT2D eigenvalue weighted by molar-refractivity contribution is 0.197. The molecule has 102 valence electrons. The van der Waals surface area contributed by atoms with E-state index in [0.29, 0.717) is 5.92 Å². The lowest BCUT2D eigenvalue weighted by atomic mass is 9.94. The van der Waals surface area contributed by atoms with Crippen LogP contribution in [0, 0.1) is 13.8 Å². The van der Waals surface area contributed by atoms with Crippen molar-refractivity contribution in [2.24, 2.45) is 0 Å². The van der Waals surface area contributed by atoms with E-state index in [1.165, 1.54) is 24.1 Å². The van der Waals surface area contributed by atoms with Gasteiger partial charge in [-0.25, -0.2) is 0 Å². The van der Waals surface area contributed by atoms with E-state index >= 15 is 0 Å². The van der Waals surface area contributed by atoms with E-state index in [-0.39, 0.29) is 0 Å². The molecule has 2 aromatic heterocycles. The summed E-state index contributed by atoms with van der Waals surface area (Å²) < 4.78 is 5.24. The van der Waals surface area contributed by atoms with E-state index in [0.717, 1.165) is 31.1 Å². The Kier molecular flexibility index (Phi) is 3.38. The van der Waals surface area contributed by atoms with E-state index in [9.17, 15) is 0 Å². The van der Waals surface area contributed by atoms with Crippen LogP contribution < -0.4 is 0 Å². The average Bonchev–Trinajstić information content (AvgIpc) is 3.05. The summed E-state index contributed by atoms with van der Waals surface area (Å²) in [6.45, 7) is 7.17. The number of aromatic nitrogens is 3. The zero-order valence-electron chi connectivity index (χ0n) is 11.5. The van der Waals surface area contributed by atoms with Crippen molar-refractivity contribution in [1.82, 2.24) is 20.3 Å². The quantitative estimate of drug-likeness (QED) is 0.920. The Hall–Kier alpha value is -1.62. The van der Waals surface area contributed by atoms with Gasteiger partial charge < -0.3 is 4.52 Å². The molecule has 0 spiro atoms. The molecule has 0 amide bonds. The van der Waals surface area contributed by atoms with Gasteiger partial charge in [0.1, 0.15) is 5.76 Å². The maximum absolute atomic E-state index is 5.24. The van der Waals surface area contributed by atoms with Gasteiger partial charge in [-0.2, -0.15) is 5.10 Å². The van der Waals surface area contributed by atoms with E-state index in [2.05, 4.69) is 26.3 Å². The van der Waals surface area contributed by atoms with E-state index in [1.54, 1.807) is 0 Å². The molecule has 1 atom stereocenters. The number of likely N-dealkylation sites (tertiary alicyclic amines) is 1. The largest absolute Gasteiger partial charge is 0.361 e. The smallest absolute Gasteiger partial charge is 0.138 e. The highest BCUT2D eigenvalue weighted by Gasteiger charge is 2.23. The Morgan fingerprint density at radius 2 is 2.37 bits per heavy atom. The van der Waals surface area contributed by atoms with Crippen molar-refractivity contribution >= 4 is 0 Å². The van der Waals surface area contributed by atoms with Gasteiger partial charge in [0, 0.05) is 36.5 Å². The average molecular weight is 260 g/mol. The molecular formula is C14H20N4O. The number of nitrogens with zero attached hydrogens (tertiary/aromatic N) is 3. The fraction of sp³-hybridized carbons (Fsp3) is 0.571. The second-order valence-electron chi connectivity index (χ2n) is 5.39. The van der Waals surface area contributed by atoms with Crippen molar-refractivity contribution in [2.75, 3.05) is 13.1 Å². The fourth-order valence-corrected chi connectivity index (χ4v) is 2.90. The minimum Gasteiger partial charge on any atom is -0.361 e. The van der Waals surface area contributed by atoms with Gasteiger partial charge in [-0.1, -0.05) is 5.16 Å². The van der Waals surface area contributed by atoms with E-state index in [1.807, 2.05) is 20.0 Å². The van der Waals surface area contributed by atoms with Crippen molar-refractivity contribution < 1.29 is 4.52 Å². The summed E-state index contributed by atoms with van der Waals surface area (Å²) in [4.78, 5) is 2.49. The Balaban J connectivity index is 1.69. The summed E-state index contributed by atoms with van der Waals surface area (Å²) in [5, 5.41) is 11.2. The van der Waals surface area contributed by atoms with Crippen LogP contribution in [0.4, 0.5) is 0 Å². The van der Waals surface area contributed by atoms with Gasteiger partial charge in [0.25, 0.3) is 0 Å². The molecular weight excluding hydrogens is 240 g/mol. The molecule has 0 bridgehead atoms. The Morgan fingerprint density at radius 3 is 3.05 bits per heavy atom. The number of hydrogen-bond acceptors (Lipinski definition) is 4. The van der Waals surface area contributed by atoms with Gasteiger partial charge in [-0.3, -0.25) is 10.00 Å². The second-order valence-corrected chi connectivity index (χ2v) is 5.39. The van der Waals surface area contributed by atoms with Crippen LogP contribution in [0.25, 0.3) is 0 Å². The zero-order valence-corrected chi connectivity index (χ0v) is 11.5. The third-order valence-corrected chi connectivity index (χ3v) is 4.03. The Bertz CT molecular complexity index is 512. The summed E-state index contributed by atoms with van der Waals surface area (Å²) in [7, 11) is 0. The standard InChI is InChI=1S/C14H20N4O/c1-10-13(11(2)19-17-10)9-18-7-3-4-12(8-18)14-5-6-15-16-14/h5-6,12H,3-4,7-9H2,1-2H3,(H,15,16). The predicted octanol–water partition coefficient (Wildman–Crippen LogP) is 2.39. The molecule has 3 heterocycles. The van der Waals surface area contributed by atoms with Crippen LogP contribution >= 0.6 is 0 Å². The van der Waals surface area contributed by atoms with Crippen molar-refractivity contribution in [2.45, 2.75) is 39.2 Å². The maximum Gasteiger partial charge on any atom is 0.138 e.